The average molecular weight is 276 g/mol. The molecule has 2 saturated heterocycles. The summed E-state index contributed by atoms with van der Waals surface area (Å²) in [6.07, 6.45) is 5.15. The highest BCUT2D eigenvalue weighted by atomic mass is 16.6. The highest BCUT2D eigenvalue weighted by Gasteiger charge is 2.30. The van der Waals surface area contributed by atoms with Crippen LogP contribution < -0.4 is 4.90 Å². The molecule has 108 valence electrons. The first kappa shape index (κ1) is 13.3. The van der Waals surface area contributed by atoms with Gasteiger partial charge in [0.2, 0.25) is 0 Å². The summed E-state index contributed by atoms with van der Waals surface area (Å²) in [5.74, 6) is 0.900. The fourth-order valence-electron chi connectivity index (χ4n) is 3.32. The van der Waals surface area contributed by atoms with Gasteiger partial charge in [-0.3, -0.25) is 15.0 Å². The van der Waals surface area contributed by atoms with Crippen molar-refractivity contribution in [1.82, 2.24) is 9.88 Å². The summed E-state index contributed by atoms with van der Waals surface area (Å²) >= 11 is 0. The molecule has 0 radical (unpaired) electrons. The third kappa shape index (κ3) is 2.47. The molecule has 0 aliphatic carbocycles. The van der Waals surface area contributed by atoms with Crippen LogP contribution in [0.25, 0.3) is 0 Å². The van der Waals surface area contributed by atoms with E-state index in [1.54, 1.807) is 6.07 Å². The van der Waals surface area contributed by atoms with Gasteiger partial charge in [0.05, 0.1) is 4.92 Å². The molecule has 2 aliphatic heterocycles. The zero-order valence-electron chi connectivity index (χ0n) is 11.8. The van der Waals surface area contributed by atoms with Crippen LogP contribution in [0.2, 0.25) is 0 Å². The van der Waals surface area contributed by atoms with Gasteiger partial charge in [-0.15, -0.1) is 0 Å². The SMILES string of the molecule is Cc1cc([N+](=O)[O-])cnc1N1CCC(N2CCCC2)C1. The van der Waals surface area contributed by atoms with Crippen molar-refractivity contribution in [2.24, 2.45) is 0 Å². The van der Waals surface area contributed by atoms with Crippen molar-refractivity contribution in [3.63, 3.8) is 0 Å². The predicted molar refractivity (Wildman–Crippen MR) is 77.1 cm³/mol. The van der Waals surface area contributed by atoms with E-state index in [4.69, 9.17) is 0 Å². The van der Waals surface area contributed by atoms with Crippen LogP contribution in [0.15, 0.2) is 12.3 Å². The Morgan fingerprint density at radius 2 is 2.10 bits per heavy atom. The maximum absolute atomic E-state index is 10.8. The van der Waals surface area contributed by atoms with Gasteiger partial charge in [-0.2, -0.15) is 0 Å². The standard InChI is InChI=1S/C14H20N4O2/c1-11-8-13(18(19)20)9-15-14(11)17-7-4-12(10-17)16-5-2-3-6-16/h8-9,12H,2-7,10H2,1H3. The van der Waals surface area contributed by atoms with Crippen molar-refractivity contribution >= 4 is 11.5 Å². The lowest BCUT2D eigenvalue weighted by Gasteiger charge is -2.24. The molecule has 1 aromatic heterocycles. The van der Waals surface area contributed by atoms with Crippen molar-refractivity contribution in [1.29, 1.82) is 0 Å². The number of pyridine rings is 1. The van der Waals surface area contributed by atoms with Crippen LogP contribution in [0.1, 0.15) is 24.8 Å². The van der Waals surface area contributed by atoms with Crippen molar-refractivity contribution in [3.05, 3.63) is 27.9 Å². The maximum Gasteiger partial charge on any atom is 0.287 e. The number of hydrogen-bond acceptors (Lipinski definition) is 5. The molecule has 2 aliphatic rings. The molecule has 2 fully saturated rings. The first-order chi connectivity index (χ1) is 9.65. The molecule has 6 heteroatoms. The fourth-order valence-corrected chi connectivity index (χ4v) is 3.32. The Morgan fingerprint density at radius 1 is 1.35 bits per heavy atom. The van der Waals surface area contributed by atoms with Gasteiger partial charge in [-0.05, 0) is 44.8 Å². The van der Waals surface area contributed by atoms with Crippen LogP contribution in [0, 0.1) is 17.0 Å². The lowest BCUT2D eigenvalue weighted by Crippen LogP contribution is -2.35. The highest BCUT2D eigenvalue weighted by molar-refractivity contribution is 5.51. The molecule has 3 rings (SSSR count). The second-order valence-electron chi connectivity index (χ2n) is 5.72. The minimum absolute atomic E-state index is 0.0709. The molecule has 20 heavy (non-hydrogen) atoms. The molecular formula is C14H20N4O2. The first-order valence-corrected chi connectivity index (χ1v) is 7.25. The van der Waals surface area contributed by atoms with Crippen molar-refractivity contribution < 1.29 is 4.92 Å². The Kier molecular flexibility index (Phi) is 3.56. The molecule has 0 bridgehead atoms. The van der Waals surface area contributed by atoms with Crippen molar-refractivity contribution in [3.8, 4) is 0 Å². The Labute approximate surface area is 118 Å². The molecule has 0 N–H and O–H groups in total. The topological polar surface area (TPSA) is 62.5 Å². The second-order valence-corrected chi connectivity index (χ2v) is 5.72. The van der Waals surface area contributed by atoms with Gasteiger partial charge in [0.15, 0.2) is 0 Å². The number of hydrogen-bond donors (Lipinski definition) is 0. The molecule has 0 amide bonds. The zero-order valence-corrected chi connectivity index (χ0v) is 11.8. The van der Waals surface area contributed by atoms with Gasteiger partial charge in [0, 0.05) is 25.2 Å². The van der Waals surface area contributed by atoms with E-state index in [-0.39, 0.29) is 10.6 Å². The van der Waals surface area contributed by atoms with E-state index in [1.165, 1.54) is 32.1 Å². The fraction of sp³-hybridized carbons (Fsp3) is 0.643. The Balaban J connectivity index is 1.72. The third-order valence-corrected chi connectivity index (χ3v) is 4.37. The molecule has 0 saturated carbocycles. The van der Waals surface area contributed by atoms with E-state index in [0.717, 1.165) is 30.9 Å². The van der Waals surface area contributed by atoms with Crippen molar-refractivity contribution in [2.75, 3.05) is 31.1 Å². The number of nitrogens with zero attached hydrogens (tertiary/aromatic N) is 4. The largest absolute Gasteiger partial charge is 0.355 e. The molecule has 3 heterocycles. The quantitative estimate of drug-likeness (QED) is 0.624. The van der Waals surface area contributed by atoms with Gasteiger partial charge in [-0.1, -0.05) is 0 Å². The van der Waals surface area contributed by atoms with Gasteiger partial charge in [0.1, 0.15) is 12.0 Å². The smallest absolute Gasteiger partial charge is 0.287 e. The van der Waals surface area contributed by atoms with Crippen LogP contribution in [-0.4, -0.2) is 47.0 Å². The lowest BCUT2D eigenvalue weighted by atomic mass is 10.2. The van der Waals surface area contributed by atoms with Gasteiger partial charge in [-0.25, -0.2) is 4.98 Å². The molecule has 0 spiro atoms. The first-order valence-electron chi connectivity index (χ1n) is 7.25. The normalized spacial score (nSPS) is 23.4. The molecule has 1 unspecified atom stereocenters. The number of likely N-dealkylation sites (tertiary alicyclic amines) is 1. The van der Waals surface area contributed by atoms with Crippen LogP contribution in [-0.2, 0) is 0 Å². The average Bonchev–Trinajstić information content (AvgIpc) is 3.09. The summed E-state index contributed by atoms with van der Waals surface area (Å²) in [5.41, 5.74) is 0.961. The van der Waals surface area contributed by atoms with E-state index < -0.39 is 0 Å². The summed E-state index contributed by atoms with van der Waals surface area (Å²) in [6.45, 7) is 6.31. The molecular weight excluding hydrogens is 256 g/mol. The number of rotatable bonds is 3. The van der Waals surface area contributed by atoms with Crippen LogP contribution >= 0.6 is 0 Å². The van der Waals surface area contributed by atoms with E-state index in [1.807, 2.05) is 6.92 Å². The molecule has 1 atom stereocenters. The number of aromatic nitrogens is 1. The number of aryl methyl sites for hydroxylation is 1. The van der Waals surface area contributed by atoms with E-state index >= 15 is 0 Å². The molecule has 6 nitrogen and oxygen atoms in total. The number of nitro groups is 1. The van der Waals surface area contributed by atoms with E-state index in [9.17, 15) is 10.1 Å². The summed E-state index contributed by atoms with van der Waals surface area (Å²) in [6, 6.07) is 2.24. The minimum atomic E-state index is -0.388. The monoisotopic (exact) mass is 276 g/mol. The van der Waals surface area contributed by atoms with E-state index in [2.05, 4.69) is 14.8 Å². The summed E-state index contributed by atoms with van der Waals surface area (Å²) < 4.78 is 0. The molecule has 0 aromatic carbocycles. The van der Waals surface area contributed by atoms with Crippen LogP contribution in [0.4, 0.5) is 11.5 Å². The van der Waals surface area contributed by atoms with Gasteiger partial charge < -0.3 is 4.90 Å². The second kappa shape index (κ2) is 5.36. The van der Waals surface area contributed by atoms with Crippen LogP contribution in [0.3, 0.4) is 0 Å². The highest BCUT2D eigenvalue weighted by Crippen LogP contribution is 2.27. The number of anilines is 1. The van der Waals surface area contributed by atoms with E-state index in [0.29, 0.717) is 6.04 Å². The Morgan fingerprint density at radius 3 is 2.75 bits per heavy atom. The maximum atomic E-state index is 10.8. The summed E-state index contributed by atoms with van der Waals surface area (Å²) in [5, 5.41) is 10.8. The zero-order chi connectivity index (χ0) is 14.1. The Hall–Kier alpha value is -1.69. The third-order valence-electron chi connectivity index (χ3n) is 4.37. The predicted octanol–water partition coefficient (Wildman–Crippen LogP) is 1.97. The van der Waals surface area contributed by atoms with Gasteiger partial charge in [0.25, 0.3) is 5.69 Å². The molecule has 1 aromatic rings. The summed E-state index contributed by atoms with van der Waals surface area (Å²) in [7, 11) is 0. The van der Waals surface area contributed by atoms with Crippen molar-refractivity contribution in [2.45, 2.75) is 32.2 Å². The van der Waals surface area contributed by atoms with Crippen LogP contribution in [0.5, 0.6) is 0 Å². The van der Waals surface area contributed by atoms with Gasteiger partial charge >= 0.3 is 0 Å². The summed E-state index contributed by atoms with van der Waals surface area (Å²) in [4.78, 5) is 19.5. The lowest BCUT2D eigenvalue weighted by molar-refractivity contribution is -0.385. The Bertz CT molecular complexity index is 514. The minimum Gasteiger partial charge on any atom is -0.355 e.